The summed E-state index contributed by atoms with van der Waals surface area (Å²) >= 11 is 0. The number of nitrogens with two attached hydrogens (primary N) is 1. The zero-order chi connectivity index (χ0) is 19.3. The summed E-state index contributed by atoms with van der Waals surface area (Å²) in [6, 6.07) is 24.6. The molecule has 0 atom stereocenters. The van der Waals surface area contributed by atoms with E-state index in [1.165, 1.54) is 0 Å². The van der Waals surface area contributed by atoms with Crippen LogP contribution < -0.4 is 11.2 Å². The van der Waals surface area contributed by atoms with E-state index in [0.717, 1.165) is 16.6 Å². The lowest BCUT2D eigenvalue weighted by Gasteiger charge is -2.10. The maximum atomic E-state index is 12.5. The molecule has 0 aliphatic rings. The van der Waals surface area contributed by atoms with E-state index in [-0.39, 0.29) is 5.91 Å². The van der Waals surface area contributed by atoms with Gasteiger partial charge in [0.2, 0.25) is 0 Å². The number of hydrogen-bond donors (Lipinski definition) is 2. The van der Waals surface area contributed by atoms with Gasteiger partial charge in [-0.15, -0.1) is 0 Å². The van der Waals surface area contributed by atoms with Crippen molar-refractivity contribution < 1.29 is 4.79 Å². The Hall–Kier alpha value is -3.93. The van der Waals surface area contributed by atoms with E-state index in [0.29, 0.717) is 23.5 Å². The second-order valence-corrected chi connectivity index (χ2v) is 6.31. The highest BCUT2D eigenvalue weighted by molar-refractivity contribution is 6.03. The fourth-order valence-electron chi connectivity index (χ4n) is 3.00. The number of fused-ring (bicyclic) bond motifs is 1. The van der Waals surface area contributed by atoms with Crippen molar-refractivity contribution in [2.75, 3.05) is 5.73 Å². The molecule has 0 saturated heterocycles. The smallest absolute Gasteiger partial charge is 0.273 e. The Kier molecular flexibility index (Phi) is 4.84. The summed E-state index contributed by atoms with van der Waals surface area (Å²) in [5.74, 6) is -0.345. The van der Waals surface area contributed by atoms with Crippen LogP contribution in [0.3, 0.4) is 0 Å². The van der Waals surface area contributed by atoms with Crippen molar-refractivity contribution in [3.63, 3.8) is 0 Å². The minimum absolute atomic E-state index is 0.345. The van der Waals surface area contributed by atoms with Crippen LogP contribution in [0.15, 0.2) is 90.3 Å². The number of amides is 1. The van der Waals surface area contributed by atoms with Crippen LogP contribution in [-0.2, 0) is 6.54 Å². The molecular weight excluding hydrogens is 350 g/mol. The number of carbonyl (C=O) groups excluding carboxylic acids is 1. The van der Waals surface area contributed by atoms with Gasteiger partial charge < -0.3 is 10.3 Å². The highest BCUT2D eigenvalue weighted by Gasteiger charge is 2.11. The molecule has 0 aliphatic carbocycles. The van der Waals surface area contributed by atoms with E-state index < -0.39 is 0 Å². The number of aromatic nitrogens is 2. The van der Waals surface area contributed by atoms with E-state index >= 15 is 0 Å². The standard InChI is InChI=1S/C22H19N5O/c23-18-11-5-4-10-17(18)22(28)26-25-20(16-8-2-1-3-9-16)14-27-15-24-19-12-6-7-13-21(19)27/h1-13,15H,14,23H2,(H,26,28). The summed E-state index contributed by atoms with van der Waals surface area (Å²) < 4.78 is 2.00. The lowest BCUT2D eigenvalue weighted by molar-refractivity contribution is 0.0955. The van der Waals surface area contributed by atoms with Gasteiger partial charge in [-0.2, -0.15) is 5.10 Å². The van der Waals surface area contributed by atoms with Crippen LogP contribution in [0.5, 0.6) is 0 Å². The Morgan fingerprint density at radius 3 is 2.50 bits per heavy atom. The van der Waals surface area contributed by atoms with Gasteiger partial charge in [0.05, 0.1) is 35.2 Å². The first kappa shape index (κ1) is 17.5. The fourth-order valence-corrected chi connectivity index (χ4v) is 3.00. The van der Waals surface area contributed by atoms with Gasteiger partial charge >= 0.3 is 0 Å². The largest absolute Gasteiger partial charge is 0.398 e. The number of rotatable bonds is 5. The maximum Gasteiger partial charge on any atom is 0.273 e. The summed E-state index contributed by atoms with van der Waals surface area (Å²) in [7, 11) is 0. The molecule has 0 fully saturated rings. The van der Waals surface area contributed by atoms with Crippen LogP contribution in [0.2, 0.25) is 0 Å². The van der Waals surface area contributed by atoms with Gasteiger partial charge in [0.1, 0.15) is 0 Å². The van der Waals surface area contributed by atoms with Crippen molar-refractivity contribution in [3.8, 4) is 0 Å². The van der Waals surface area contributed by atoms with Gasteiger partial charge in [0, 0.05) is 5.69 Å². The number of para-hydroxylation sites is 3. The molecule has 0 aliphatic heterocycles. The van der Waals surface area contributed by atoms with Crippen molar-refractivity contribution >= 4 is 28.3 Å². The highest BCUT2D eigenvalue weighted by Crippen LogP contribution is 2.14. The summed E-state index contributed by atoms with van der Waals surface area (Å²) in [6.45, 7) is 0.467. The third kappa shape index (κ3) is 3.61. The molecule has 1 aromatic heterocycles. The number of hydrazone groups is 1. The lowest BCUT2D eigenvalue weighted by Crippen LogP contribution is -2.23. The summed E-state index contributed by atoms with van der Waals surface area (Å²) in [5, 5.41) is 4.41. The lowest BCUT2D eigenvalue weighted by atomic mass is 10.1. The first-order chi connectivity index (χ1) is 13.7. The van der Waals surface area contributed by atoms with Gasteiger partial charge in [-0.1, -0.05) is 54.6 Å². The Morgan fingerprint density at radius 2 is 1.68 bits per heavy atom. The fraction of sp³-hybridized carbons (Fsp3) is 0.0455. The number of nitrogens with one attached hydrogen (secondary N) is 1. The monoisotopic (exact) mass is 369 g/mol. The van der Waals surface area contributed by atoms with Gasteiger partial charge in [0.25, 0.3) is 5.91 Å². The molecule has 0 unspecified atom stereocenters. The molecule has 0 bridgehead atoms. The minimum Gasteiger partial charge on any atom is -0.398 e. The predicted octanol–water partition coefficient (Wildman–Crippen LogP) is 3.45. The Balaban J connectivity index is 1.65. The average molecular weight is 369 g/mol. The van der Waals surface area contributed by atoms with Crippen molar-refractivity contribution in [1.82, 2.24) is 15.0 Å². The third-order valence-corrected chi connectivity index (χ3v) is 4.45. The first-order valence-electron chi connectivity index (χ1n) is 8.89. The number of carbonyl (C=O) groups is 1. The number of imidazole rings is 1. The molecule has 28 heavy (non-hydrogen) atoms. The number of hydrogen-bond acceptors (Lipinski definition) is 4. The van der Waals surface area contributed by atoms with Crippen LogP contribution in [0.25, 0.3) is 11.0 Å². The van der Waals surface area contributed by atoms with E-state index in [1.807, 2.05) is 59.2 Å². The van der Waals surface area contributed by atoms with Gasteiger partial charge in [-0.3, -0.25) is 4.79 Å². The Morgan fingerprint density at radius 1 is 0.964 bits per heavy atom. The second kappa shape index (κ2) is 7.75. The molecule has 1 amide bonds. The average Bonchev–Trinajstić information content (AvgIpc) is 3.15. The van der Waals surface area contributed by atoms with Crippen molar-refractivity contribution in [2.24, 2.45) is 5.10 Å². The number of nitrogen functional groups attached to an aromatic ring is 1. The number of nitrogens with zero attached hydrogens (tertiary/aromatic N) is 3. The normalized spacial score (nSPS) is 11.5. The molecule has 138 valence electrons. The predicted molar refractivity (Wildman–Crippen MR) is 111 cm³/mol. The SMILES string of the molecule is Nc1ccccc1C(=O)NN=C(Cn1cnc2ccccc21)c1ccccc1. The van der Waals surface area contributed by atoms with E-state index in [9.17, 15) is 4.79 Å². The van der Waals surface area contributed by atoms with Crippen LogP contribution >= 0.6 is 0 Å². The highest BCUT2D eigenvalue weighted by atomic mass is 16.2. The quantitative estimate of drug-likeness (QED) is 0.321. The molecule has 0 saturated carbocycles. The van der Waals surface area contributed by atoms with Gasteiger partial charge in [0.15, 0.2) is 0 Å². The minimum atomic E-state index is -0.345. The molecule has 4 aromatic rings. The van der Waals surface area contributed by atoms with E-state index in [4.69, 9.17) is 5.73 Å². The van der Waals surface area contributed by atoms with Crippen LogP contribution in [-0.4, -0.2) is 21.2 Å². The Bertz CT molecular complexity index is 1150. The van der Waals surface area contributed by atoms with Crippen LogP contribution in [0.1, 0.15) is 15.9 Å². The van der Waals surface area contributed by atoms with Crippen molar-refractivity contribution in [3.05, 3.63) is 96.3 Å². The molecule has 3 aromatic carbocycles. The summed E-state index contributed by atoms with van der Waals surface area (Å²) in [6.07, 6.45) is 1.78. The van der Waals surface area contributed by atoms with Crippen molar-refractivity contribution in [1.29, 1.82) is 0 Å². The zero-order valence-corrected chi connectivity index (χ0v) is 15.1. The summed E-state index contributed by atoms with van der Waals surface area (Å²) in [5.41, 5.74) is 12.9. The number of anilines is 1. The van der Waals surface area contributed by atoms with Crippen LogP contribution in [0, 0.1) is 0 Å². The molecule has 6 nitrogen and oxygen atoms in total. The molecule has 0 radical (unpaired) electrons. The topological polar surface area (TPSA) is 85.3 Å². The van der Waals surface area contributed by atoms with Crippen molar-refractivity contribution in [2.45, 2.75) is 6.54 Å². The molecule has 1 heterocycles. The van der Waals surface area contributed by atoms with E-state index in [1.54, 1.807) is 30.6 Å². The van der Waals surface area contributed by atoms with Gasteiger partial charge in [-0.05, 0) is 29.8 Å². The Labute approximate surface area is 162 Å². The second-order valence-electron chi connectivity index (χ2n) is 6.31. The van der Waals surface area contributed by atoms with Gasteiger partial charge in [-0.25, -0.2) is 10.4 Å². The zero-order valence-electron chi connectivity index (χ0n) is 15.1. The molecule has 0 spiro atoms. The number of benzene rings is 3. The molecule has 4 rings (SSSR count). The maximum absolute atomic E-state index is 12.5. The molecule has 6 heteroatoms. The van der Waals surface area contributed by atoms with Crippen LogP contribution in [0.4, 0.5) is 5.69 Å². The van der Waals surface area contributed by atoms with E-state index in [2.05, 4.69) is 15.5 Å². The first-order valence-corrected chi connectivity index (χ1v) is 8.89. The third-order valence-electron chi connectivity index (χ3n) is 4.45. The summed E-state index contributed by atoms with van der Waals surface area (Å²) in [4.78, 5) is 16.9. The molecular formula is C22H19N5O. The molecule has 3 N–H and O–H groups in total.